The zero-order valence-corrected chi connectivity index (χ0v) is 11.4. The van der Waals surface area contributed by atoms with Gasteiger partial charge in [-0.05, 0) is 29.8 Å². The van der Waals surface area contributed by atoms with E-state index in [9.17, 15) is 9.59 Å². The van der Waals surface area contributed by atoms with E-state index in [0.717, 1.165) is 10.8 Å². The van der Waals surface area contributed by atoms with Gasteiger partial charge in [-0.25, -0.2) is 4.79 Å². The molecule has 104 valence electrons. The average Bonchev–Trinajstić information content (AvgIpc) is 2.46. The predicted octanol–water partition coefficient (Wildman–Crippen LogP) is 3.00. The second-order valence-corrected chi connectivity index (χ2v) is 4.28. The van der Waals surface area contributed by atoms with Crippen molar-refractivity contribution in [1.82, 2.24) is 0 Å². The van der Waals surface area contributed by atoms with Gasteiger partial charge in [0.15, 0.2) is 0 Å². The number of nitrogens with zero attached hydrogens (tertiary/aromatic N) is 1. The van der Waals surface area contributed by atoms with E-state index in [-0.39, 0.29) is 6.61 Å². The molecule has 1 N–H and O–H groups in total. The molecule has 2 amide bonds. The van der Waals surface area contributed by atoms with Crippen molar-refractivity contribution in [2.75, 3.05) is 23.9 Å². The summed E-state index contributed by atoms with van der Waals surface area (Å²) < 4.78 is 4.87. The van der Waals surface area contributed by atoms with E-state index in [2.05, 4.69) is 5.32 Å². The molecule has 2 rings (SSSR count). The Balaban J connectivity index is 2.48. The lowest BCUT2D eigenvalue weighted by Gasteiger charge is -2.17. The second-order valence-electron chi connectivity index (χ2n) is 4.28. The van der Waals surface area contributed by atoms with E-state index in [0.29, 0.717) is 17.8 Å². The van der Waals surface area contributed by atoms with Crippen LogP contribution in [0.25, 0.3) is 10.8 Å². The summed E-state index contributed by atoms with van der Waals surface area (Å²) in [5, 5.41) is 4.62. The zero-order chi connectivity index (χ0) is 14.5. The number of ether oxygens (including phenoxy) is 1. The summed E-state index contributed by atoms with van der Waals surface area (Å²) in [4.78, 5) is 24.0. The van der Waals surface area contributed by atoms with Crippen molar-refractivity contribution < 1.29 is 14.3 Å². The average molecular weight is 272 g/mol. The van der Waals surface area contributed by atoms with Crippen LogP contribution in [0.3, 0.4) is 0 Å². The van der Waals surface area contributed by atoms with Crippen LogP contribution < -0.4 is 10.2 Å². The third kappa shape index (κ3) is 2.88. The third-order valence-electron chi connectivity index (χ3n) is 2.91. The normalized spacial score (nSPS) is 10.1. The molecule has 5 nitrogen and oxygen atoms in total. The van der Waals surface area contributed by atoms with Crippen LogP contribution in [0.4, 0.5) is 16.2 Å². The molecule has 0 radical (unpaired) electrons. The Labute approximate surface area is 117 Å². The van der Waals surface area contributed by atoms with Gasteiger partial charge >= 0.3 is 6.09 Å². The number of fused-ring (bicyclic) bond motifs is 1. The number of nitrogens with one attached hydrogen (secondary N) is 1. The largest absolute Gasteiger partial charge is 0.450 e. The van der Waals surface area contributed by atoms with Crippen LogP contribution in [0.15, 0.2) is 36.4 Å². The number of amides is 2. The Hall–Kier alpha value is -2.56. The number of anilines is 2. The molecule has 2 aromatic carbocycles. The van der Waals surface area contributed by atoms with Crippen molar-refractivity contribution in [2.24, 2.45) is 0 Å². The first kappa shape index (κ1) is 13.9. The smallest absolute Gasteiger partial charge is 0.411 e. The standard InChI is InChI=1S/C15H16N2O3/c1-3-20-15(19)16-13-8-11-6-4-5-7-12(11)9-14(13)17(2)10-18/h4-10H,3H2,1-2H3,(H,16,19). The maximum Gasteiger partial charge on any atom is 0.411 e. The van der Waals surface area contributed by atoms with Crippen LogP contribution in [-0.2, 0) is 9.53 Å². The summed E-state index contributed by atoms with van der Waals surface area (Å²) in [5.74, 6) is 0. The van der Waals surface area contributed by atoms with Crippen molar-refractivity contribution in [2.45, 2.75) is 6.92 Å². The second kappa shape index (κ2) is 6.06. The fourth-order valence-corrected chi connectivity index (χ4v) is 1.95. The molecule has 0 aliphatic heterocycles. The van der Waals surface area contributed by atoms with Gasteiger partial charge in [-0.15, -0.1) is 0 Å². The van der Waals surface area contributed by atoms with Crippen LogP contribution in [0, 0.1) is 0 Å². The molecule has 0 fully saturated rings. The van der Waals surface area contributed by atoms with Gasteiger partial charge in [0.1, 0.15) is 0 Å². The summed E-state index contributed by atoms with van der Waals surface area (Å²) in [6.07, 6.45) is 0.156. The molecule has 0 aliphatic rings. The van der Waals surface area contributed by atoms with Crippen LogP contribution in [0.5, 0.6) is 0 Å². The first-order valence-corrected chi connectivity index (χ1v) is 6.30. The quantitative estimate of drug-likeness (QED) is 0.870. The van der Waals surface area contributed by atoms with Gasteiger partial charge in [-0.1, -0.05) is 24.3 Å². The van der Waals surface area contributed by atoms with Crippen molar-refractivity contribution >= 4 is 34.7 Å². The molecule has 0 saturated carbocycles. The highest BCUT2D eigenvalue weighted by molar-refractivity contribution is 6.00. The van der Waals surface area contributed by atoms with Crippen LogP contribution >= 0.6 is 0 Å². The number of benzene rings is 2. The van der Waals surface area contributed by atoms with Gasteiger partial charge in [0.25, 0.3) is 0 Å². The Morgan fingerprint density at radius 3 is 2.55 bits per heavy atom. The summed E-state index contributed by atoms with van der Waals surface area (Å²) in [5.41, 5.74) is 1.16. The molecule has 0 saturated heterocycles. The van der Waals surface area contributed by atoms with Crippen LogP contribution in [0.2, 0.25) is 0 Å². The van der Waals surface area contributed by atoms with E-state index < -0.39 is 6.09 Å². The minimum Gasteiger partial charge on any atom is -0.450 e. The molecule has 2 aromatic rings. The van der Waals surface area contributed by atoms with Crippen molar-refractivity contribution in [3.63, 3.8) is 0 Å². The maximum absolute atomic E-state index is 11.6. The summed E-state index contributed by atoms with van der Waals surface area (Å²) in [7, 11) is 1.63. The number of hydrogen-bond acceptors (Lipinski definition) is 3. The number of hydrogen-bond donors (Lipinski definition) is 1. The predicted molar refractivity (Wildman–Crippen MR) is 79.1 cm³/mol. The van der Waals surface area contributed by atoms with E-state index in [1.54, 1.807) is 14.0 Å². The Morgan fingerprint density at radius 1 is 1.30 bits per heavy atom. The lowest BCUT2D eigenvalue weighted by atomic mass is 10.1. The summed E-state index contributed by atoms with van der Waals surface area (Å²) in [6, 6.07) is 11.4. The monoisotopic (exact) mass is 272 g/mol. The zero-order valence-electron chi connectivity index (χ0n) is 11.4. The minimum atomic E-state index is -0.539. The van der Waals surface area contributed by atoms with E-state index >= 15 is 0 Å². The fourth-order valence-electron chi connectivity index (χ4n) is 1.95. The van der Waals surface area contributed by atoms with Crippen LogP contribution in [0.1, 0.15) is 6.92 Å². The molecular formula is C15H16N2O3. The van der Waals surface area contributed by atoms with E-state index in [4.69, 9.17) is 4.74 Å². The molecule has 5 heteroatoms. The Morgan fingerprint density at radius 2 is 1.95 bits per heavy atom. The molecule has 0 aromatic heterocycles. The fraction of sp³-hybridized carbons (Fsp3) is 0.200. The van der Waals surface area contributed by atoms with Gasteiger partial charge in [0.05, 0.1) is 18.0 Å². The topological polar surface area (TPSA) is 58.6 Å². The Kier molecular flexibility index (Phi) is 4.20. The molecule has 0 aliphatic carbocycles. The highest BCUT2D eigenvalue weighted by Gasteiger charge is 2.12. The lowest BCUT2D eigenvalue weighted by molar-refractivity contribution is -0.107. The van der Waals surface area contributed by atoms with Crippen molar-refractivity contribution in [3.05, 3.63) is 36.4 Å². The SMILES string of the molecule is CCOC(=O)Nc1cc2ccccc2cc1N(C)C=O. The number of carbonyl (C=O) groups excluding carboxylic acids is 2. The highest BCUT2D eigenvalue weighted by atomic mass is 16.5. The first-order chi connectivity index (χ1) is 9.65. The lowest BCUT2D eigenvalue weighted by Crippen LogP contribution is -2.19. The third-order valence-corrected chi connectivity index (χ3v) is 2.91. The number of carbonyl (C=O) groups is 2. The summed E-state index contributed by atoms with van der Waals surface area (Å²) >= 11 is 0. The molecule has 0 heterocycles. The first-order valence-electron chi connectivity index (χ1n) is 6.30. The molecule has 0 bridgehead atoms. The molecule has 20 heavy (non-hydrogen) atoms. The summed E-state index contributed by atoms with van der Waals surface area (Å²) in [6.45, 7) is 2.02. The maximum atomic E-state index is 11.6. The highest BCUT2D eigenvalue weighted by Crippen LogP contribution is 2.30. The molecule has 0 spiro atoms. The van der Waals surface area contributed by atoms with Crippen molar-refractivity contribution in [3.8, 4) is 0 Å². The Bertz CT molecular complexity index is 640. The molecule has 0 atom stereocenters. The van der Waals surface area contributed by atoms with Gasteiger partial charge in [0.2, 0.25) is 6.41 Å². The van der Waals surface area contributed by atoms with Gasteiger partial charge in [0, 0.05) is 7.05 Å². The number of rotatable bonds is 4. The minimum absolute atomic E-state index is 0.290. The van der Waals surface area contributed by atoms with Crippen molar-refractivity contribution in [1.29, 1.82) is 0 Å². The van der Waals surface area contributed by atoms with E-state index in [1.807, 2.05) is 36.4 Å². The van der Waals surface area contributed by atoms with Gasteiger partial charge < -0.3 is 9.64 Å². The van der Waals surface area contributed by atoms with Gasteiger partial charge in [-0.2, -0.15) is 0 Å². The van der Waals surface area contributed by atoms with Crippen LogP contribution in [-0.4, -0.2) is 26.2 Å². The molecular weight excluding hydrogens is 256 g/mol. The van der Waals surface area contributed by atoms with E-state index in [1.165, 1.54) is 4.90 Å². The van der Waals surface area contributed by atoms with Gasteiger partial charge in [-0.3, -0.25) is 10.1 Å². The molecule has 0 unspecified atom stereocenters.